The minimum atomic E-state index is -0.546. The van der Waals surface area contributed by atoms with Crippen LogP contribution in [0.5, 0.6) is 11.5 Å². The molecule has 0 saturated carbocycles. The highest BCUT2D eigenvalue weighted by Gasteiger charge is 2.20. The molecule has 0 spiro atoms. The van der Waals surface area contributed by atoms with E-state index in [0.717, 1.165) is 5.56 Å². The predicted octanol–water partition coefficient (Wildman–Crippen LogP) is 3.07. The molecule has 0 atom stereocenters. The summed E-state index contributed by atoms with van der Waals surface area (Å²) >= 11 is 0. The van der Waals surface area contributed by atoms with E-state index in [4.69, 9.17) is 9.47 Å². The summed E-state index contributed by atoms with van der Waals surface area (Å²) in [5.74, 6) is 0.902. The maximum absolute atomic E-state index is 10.9. The molecule has 0 amide bonds. The highest BCUT2D eigenvalue weighted by atomic mass is 16.6. The molecule has 0 aliphatic carbocycles. The van der Waals surface area contributed by atoms with Gasteiger partial charge in [-0.25, -0.2) is 4.63 Å². The molecule has 0 aliphatic rings. The van der Waals surface area contributed by atoms with Gasteiger partial charge >= 0.3 is 5.69 Å². The third-order valence-corrected chi connectivity index (χ3v) is 3.02. The Morgan fingerprint density at radius 1 is 1.14 bits per heavy atom. The Balaban J connectivity index is 1.92. The fourth-order valence-corrected chi connectivity index (χ4v) is 2.01. The SMILES string of the molecule is COCc1ccc(Oc2ccc([N+](=O)[O-])c3nonc23)cc1. The number of hydrogen-bond acceptors (Lipinski definition) is 7. The van der Waals surface area contributed by atoms with Crippen molar-refractivity contribution >= 4 is 16.7 Å². The molecule has 0 fully saturated rings. The van der Waals surface area contributed by atoms with Crippen LogP contribution in [0.25, 0.3) is 11.0 Å². The summed E-state index contributed by atoms with van der Waals surface area (Å²) in [6, 6.07) is 10.0. The van der Waals surface area contributed by atoms with Gasteiger partial charge in [0.2, 0.25) is 5.52 Å². The number of fused-ring (bicyclic) bond motifs is 1. The Labute approximate surface area is 124 Å². The van der Waals surface area contributed by atoms with Crippen LogP contribution in [0.15, 0.2) is 41.0 Å². The normalized spacial score (nSPS) is 10.8. The summed E-state index contributed by atoms with van der Waals surface area (Å²) < 4.78 is 15.3. The van der Waals surface area contributed by atoms with Gasteiger partial charge in [0.05, 0.1) is 11.5 Å². The first-order valence-electron chi connectivity index (χ1n) is 6.34. The summed E-state index contributed by atoms with van der Waals surface area (Å²) in [4.78, 5) is 10.4. The number of nitro groups is 1. The van der Waals surface area contributed by atoms with Crippen molar-refractivity contribution in [1.82, 2.24) is 10.3 Å². The van der Waals surface area contributed by atoms with Crippen molar-refractivity contribution in [3.05, 3.63) is 52.1 Å². The van der Waals surface area contributed by atoms with Crippen LogP contribution < -0.4 is 4.74 Å². The fraction of sp³-hybridized carbons (Fsp3) is 0.143. The third kappa shape index (κ3) is 2.59. The molecule has 2 aromatic carbocycles. The Bertz CT molecular complexity index is 813. The number of ether oxygens (including phenoxy) is 2. The number of non-ortho nitro benzene ring substituents is 1. The summed E-state index contributed by atoms with van der Waals surface area (Å²) in [5, 5.41) is 18.2. The van der Waals surface area contributed by atoms with Crippen LogP contribution in [-0.2, 0) is 11.3 Å². The zero-order chi connectivity index (χ0) is 15.5. The smallest absolute Gasteiger partial charge is 0.301 e. The highest BCUT2D eigenvalue weighted by Crippen LogP contribution is 2.33. The van der Waals surface area contributed by atoms with Gasteiger partial charge < -0.3 is 9.47 Å². The molecule has 0 saturated heterocycles. The predicted molar refractivity (Wildman–Crippen MR) is 75.7 cm³/mol. The third-order valence-electron chi connectivity index (χ3n) is 3.02. The standard InChI is InChI=1S/C14H11N3O5/c1-20-8-9-2-4-10(5-3-9)21-12-7-6-11(17(18)19)13-14(12)16-22-15-13/h2-7H,8H2,1H3. The molecule has 0 aliphatic heterocycles. The number of benzene rings is 2. The van der Waals surface area contributed by atoms with E-state index in [1.807, 2.05) is 12.1 Å². The van der Waals surface area contributed by atoms with Gasteiger partial charge in [-0.05, 0) is 34.1 Å². The van der Waals surface area contributed by atoms with Crippen molar-refractivity contribution in [3.8, 4) is 11.5 Å². The van der Waals surface area contributed by atoms with Crippen LogP contribution in [0.3, 0.4) is 0 Å². The van der Waals surface area contributed by atoms with E-state index in [-0.39, 0.29) is 16.7 Å². The van der Waals surface area contributed by atoms with Crippen molar-refractivity contribution in [2.24, 2.45) is 0 Å². The average Bonchev–Trinajstić information content (AvgIpc) is 2.99. The fourth-order valence-electron chi connectivity index (χ4n) is 2.01. The van der Waals surface area contributed by atoms with Gasteiger partial charge in [-0.3, -0.25) is 10.1 Å². The van der Waals surface area contributed by atoms with E-state index in [2.05, 4.69) is 14.9 Å². The summed E-state index contributed by atoms with van der Waals surface area (Å²) in [6.45, 7) is 0.509. The molecular formula is C14H11N3O5. The van der Waals surface area contributed by atoms with Crippen molar-refractivity contribution in [2.45, 2.75) is 6.61 Å². The van der Waals surface area contributed by atoms with Gasteiger partial charge in [-0.15, -0.1) is 0 Å². The molecule has 1 heterocycles. The van der Waals surface area contributed by atoms with E-state index in [0.29, 0.717) is 18.1 Å². The molecule has 0 radical (unpaired) electrons. The minimum absolute atomic E-state index is 0.0542. The van der Waals surface area contributed by atoms with Crippen LogP contribution in [0.1, 0.15) is 5.56 Å². The van der Waals surface area contributed by atoms with Crippen LogP contribution in [0.2, 0.25) is 0 Å². The molecule has 8 nitrogen and oxygen atoms in total. The molecule has 8 heteroatoms. The minimum Gasteiger partial charge on any atom is -0.455 e. The number of nitro benzene ring substituents is 1. The molecule has 3 aromatic rings. The molecule has 1 aromatic heterocycles. The van der Waals surface area contributed by atoms with Gasteiger partial charge in [-0.2, -0.15) is 0 Å². The van der Waals surface area contributed by atoms with Gasteiger partial charge in [0.1, 0.15) is 5.75 Å². The maximum Gasteiger partial charge on any atom is 0.301 e. The van der Waals surface area contributed by atoms with Gasteiger partial charge in [0.15, 0.2) is 11.3 Å². The first-order valence-corrected chi connectivity index (χ1v) is 6.34. The Hall–Kier alpha value is -3.00. The van der Waals surface area contributed by atoms with E-state index < -0.39 is 4.92 Å². The van der Waals surface area contributed by atoms with Gasteiger partial charge in [0.25, 0.3) is 0 Å². The van der Waals surface area contributed by atoms with Crippen LogP contribution in [0.4, 0.5) is 5.69 Å². The molecule has 112 valence electrons. The zero-order valence-electron chi connectivity index (χ0n) is 11.6. The monoisotopic (exact) mass is 301 g/mol. The Kier molecular flexibility index (Phi) is 3.67. The molecule has 22 heavy (non-hydrogen) atoms. The van der Waals surface area contributed by atoms with E-state index >= 15 is 0 Å². The number of rotatable bonds is 5. The molecule has 0 bridgehead atoms. The second kappa shape index (κ2) is 5.78. The van der Waals surface area contributed by atoms with E-state index in [1.54, 1.807) is 19.2 Å². The van der Waals surface area contributed by atoms with Crippen molar-refractivity contribution in [3.63, 3.8) is 0 Å². The lowest BCUT2D eigenvalue weighted by molar-refractivity contribution is -0.383. The maximum atomic E-state index is 10.9. The summed E-state index contributed by atoms with van der Waals surface area (Å²) in [6.07, 6.45) is 0. The van der Waals surface area contributed by atoms with Gasteiger partial charge in [0, 0.05) is 13.2 Å². The second-order valence-corrected chi connectivity index (χ2v) is 4.48. The Morgan fingerprint density at radius 2 is 1.86 bits per heavy atom. The van der Waals surface area contributed by atoms with Crippen molar-refractivity contribution in [1.29, 1.82) is 0 Å². The number of hydrogen-bond donors (Lipinski definition) is 0. The molecule has 3 rings (SSSR count). The molecule has 0 unspecified atom stereocenters. The molecular weight excluding hydrogens is 290 g/mol. The zero-order valence-corrected chi connectivity index (χ0v) is 11.6. The van der Waals surface area contributed by atoms with Crippen LogP contribution >= 0.6 is 0 Å². The lowest BCUT2D eigenvalue weighted by Gasteiger charge is -2.06. The van der Waals surface area contributed by atoms with Gasteiger partial charge in [-0.1, -0.05) is 12.1 Å². The average molecular weight is 301 g/mol. The van der Waals surface area contributed by atoms with Crippen LogP contribution in [0, 0.1) is 10.1 Å². The lowest BCUT2D eigenvalue weighted by atomic mass is 10.2. The largest absolute Gasteiger partial charge is 0.455 e. The number of aromatic nitrogens is 2. The Morgan fingerprint density at radius 3 is 2.55 bits per heavy atom. The second-order valence-electron chi connectivity index (χ2n) is 4.48. The summed E-state index contributed by atoms with van der Waals surface area (Å²) in [5.41, 5.74) is 1.08. The quantitative estimate of drug-likeness (QED) is 0.527. The first-order chi connectivity index (χ1) is 10.7. The van der Waals surface area contributed by atoms with E-state index in [1.165, 1.54) is 12.1 Å². The highest BCUT2D eigenvalue weighted by molar-refractivity contribution is 5.88. The van der Waals surface area contributed by atoms with E-state index in [9.17, 15) is 10.1 Å². The number of methoxy groups -OCH3 is 1. The number of nitrogens with zero attached hydrogens (tertiary/aromatic N) is 3. The van der Waals surface area contributed by atoms with Crippen LogP contribution in [-0.4, -0.2) is 22.3 Å². The first kappa shape index (κ1) is 14.0. The molecule has 0 N–H and O–H groups in total. The lowest BCUT2D eigenvalue weighted by Crippen LogP contribution is -1.92. The summed E-state index contributed by atoms with van der Waals surface area (Å²) in [7, 11) is 1.62. The topological polar surface area (TPSA) is 101 Å². The van der Waals surface area contributed by atoms with Crippen molar-refractivity contribution in [2.75, 3.05) is 7.11 Å². The van der Waals surface area contributed by atoms with Crippen molar-refractivity contribution < 1.29 is 19.0 Å².